The predicted octanol–water partition coefficient (Wildman–Crippen LogP) is 4.30. The topological polar surface area (TPSA) is 47.9 Å². The second-order valence-electron chi connectivity index (χ2n) is 7.17. The van der Waals surface area contributed by atoms with Crippen LogP contribution >= 0.6 is 0 Å². The summed E-state index contributed by atoms with van der Waals surface area (Å²) in [6, 6.07) is 9.55. The fourth-order valence-corrected chi connectivity index (χ4v) is 3.46. The zero-order chi connectivity index (χ0) is 17.6. The van der Waals surface area contributed by atoms with Gasteiger partial charge in [0.2, 0.25) is 0 Å². The highest BCUT2D eigenvalue weighted by Crippen LogP contribution is 2.42. The van der Waals surface area contributed by atoms with E-state index in [0.717, 1.165) is 34.6 Å². The van der Waals surface area contributed by atoms with Crippen molar-refractivity contribution in [3.8, 4) is 23.0 Å². The van der Waals surface area contributed by atoms with E-state index in [2.05, 4.69) is 18.2 Å². The number of methoxy groups -OCH3 is 1. The molecule has 4 rings (SSSR count). The van der Waals surface area contributed by atoms with Crippen LogP contribution in [0.25, 0.3) is 6.08 Å². The molecule has 2 aromatic carbocycles. The van der Waals surface area contributed by atoms with Crippen LogP contribution in [-0.2, 0) is 6.42 Å². The molecule has 2 aromatic rings. The van der Waals surface area contributed by atoms with Gasteiger partial charge < -0.3 is 19.3 Å². The minimum absolute atomic E-state index is 0.112. The number of phenols is 1. The number of benzene rings is 2. The molecule has 25 heavy (non-hydrogen) atoms. The van der Waals surface area contributed by atoms with Crippen molar-refractivity contribution in [1.82, 2.24) is 0 Å². The van der Waals surface area contributed by atoms with Gasteiger partial charge in [0.15, 0.2) is 0 Å². The van der Waals surface area contributed by atoms with Gasteiger partial charge in [0.05, 0.1) is 13.7 Å². The second kappa shape index (κ2) is 5.73. The largest absolute Gasteiger partial charge is 0.508 e. The predicted molar refractivity (Wildman–Crippen MR) is 96.8 cm³/mol. The van der Waals surface area contributed by atoms with Crippen LogP contribution in [0.1, 0.15) is 36.5 Å². The Balaban J connectivity index is 1.64. The van der Waals surface area contributed by atoms with E-state index in [1.165, 1.54) is 0 Å². The lowest BCUT2D eigenvalue weighted by Gasteiger charge is -2.31. The molecule has 0 bridgehead atoms. The van der Waals surface area contributed by atoms with Crippen LogP contribution < -0.4 is 14.2 Å². The maximum Gasteiger partial charge on any atom is 0.131 e. The summed E-state index contributed by atoms with van der Waals surface area (Å²) in [6.45, 7) is 4.61. The third-order valence-corrected chi connectivity index (χ3v) is 4.81. The normalized spacial score (nSPS) is 20.0. The van der Waals surface area contributed by atoms with E-state index in [1.54, 1.807) is 13.2 Å². The van der Waals surface area contributed by atoms with Crippen molar-refractivity contribution < 1.29 is 19.3 Å². The van der Waals surface area contributed by atoms with Crippen LogP contribution in [0.5, 0.6) is 23.0 Å². The van der Waals surface area contributed by atoms with Crippen molar-refractivity contribution in [3.63, 3.8) is 0 Å². The third-order valence-electron chi connectivity index (χ3n) is 4.81. The summed E-state index contributed by atoms with van der Waals surface area (Å²) in [7, 11) is 1.59. The second-order valence-corrected chi connectivity index (χ2v) is 7.17. The van der Waals surface area contributed by atoms with E-state index < -0.39 is 0 Å². The fraction of sp³-hybridized carbons (Fsp3) is 0.333. The summed E-state index contributed by atoms with van der Waals surface area (Å²) in [5, 5.41) is 10.3. The van der Waals surface area contributed by atoms with Crippen molar-refractivity contribution in [2.75, 3.05) is 13.7 Å². The number of phenolic OH excluding ortho intramolecular Hbond substituents is 1. The average molecular weight is 338 g/mol. The Morgan fingerprint density at radius 3 is 2.76 bits per heavy atom. The van der Waals surface area contributed by atoms with E-state index >= 15 is 0 Å². The van der Waals surface area contributed by atoms with Gasteiger partial charge in [0, 0.05) is 29.2 Å². The molecule has 130 valence electrons. The van der Waals surface area contributed by atoms with Gasteiger partial charge in [-0.25, -0.2) is 0 Å². The lowest BCUT2D eigenvalue weighted by atomic mass is 9.88. The van der Waals surface area contributed by atoms with Gasteiger partial charge in [-0.2, -0.15) is 0 Å². The molecule has 2 aliphatic heterocycles. The molecule has 2 aliphatic rings. The number of hydrogen-bond acceptors (Lipinski definition) is 4. The van der Waals surface area contributed by atoms with Gasteiger partial charge in [-0.05, 0) is 44.0 Å². The standard InChI is InChI=1S/C21H22O4/c1-21(2)7-6-13-8-14-9-15(12-24-19(14)11-20(13)25-21)17-5-4-16(23-3)10-18(17)22/h4-8,10-11,15,22H,9,12H2,1-3H3. The minimum Gasteiger partial charge on any atom is -0.508 e. The molecular formula is C21H22O4. The molecule has 0 saturated carbocycles. The molecule has 1 atom stereocenters. The Bertz CT molecular complexity index is 851. The summed E-state index contributed by atoms with van der Waals surface area (Å²) < 4.78 is 17.2. The zero-order valence-electron chi connectivity index (χ0n) is 14.7. The van der Waals surface area contributed by atoms with Crippen molar-refractivity contribution in [2.45, 2.75) is 31.8 Å². The molecule has 0 amide bonds. The fourth-order valence-electron chi connectivity index (χ4n) is 3.46. The molecule has 0 saturated heterocycles. The summed E-state index contributed by atoms with van der Waals surface area (Å²) >= 11 is 0. The smallest absolute Gasteiger partial charge is 0.131 e. The number of rotatable bonds is 2. The lowest BCUT2D eigenvalue weighted by Crippen LogP contribution is -2.28. The molecule has 2 heterocycles. The van der Waals surface area contributed by atoms with Crippen LogP contribution in [0.15, 0.2) is 36.4 Å². The van der Waals surface area contributed by atoms with E-state index in [1.807, 2.05) is 32.0 Å². The van der Waals surface area contributed by atoms with Gasteiger partial charge in [-0.15, -0.1) is 0 Å². The number of hydrogen-bond donors (Lipinski definition) is 1. The Labute approximate surface area is 147 Å². The van der Waals surface area contributed by atoms with Crippen molar-refractivity contribution in [3.05, 3.63) is 53.1 Å². The SMILES string of the molecule is COc1ccc(C2COc3cc4c(cc3C2)C=CC(C)(C)O4)c(O)c1. The molecule has 1 unspecified atom stereocenters. The first-order chi connectivity index (χ1) is 11.9. The van der Waals surface area contributed by atoms with Crippen LogP contribution in [-0.4, -0.2) is 24.4 Å². The van der Waals surface area contributed by atoms with Gasteiger partial charge in [-0.1, -0.05) is 12.1 Å². The molecule has 4 nitrogen and oxygen atoms in total. The van der Waals surface area contributed by atoms with Gasteiger partial charge >= 0.3 is 0 Å². The Hall–Kier alpha value is -2.62. The van der Waals surface area contributed by atoms with Crippen LogP contribution in [0.3, 0.4) is 0 Å². The van der Waals surface area contributed by atoms with Crippen LogP contribution in [0.2, 0.25) is 0 Å². The van der Waals surface area contributed by atoms with E-state index in [0.29, 0.717) is 12.4 Å². The molecule has 0 aromatic heterocycles. The van der Waals surface area contributed by atoms with Gasteiger partial charge in [0.25, 0.3) is 0 Å². The minimum atomic E-state index is -0.298. The molecule has 0 fully saturated rings. The van der Waals surface area contributed by atoms with Gasteiger partial charge in [0.1, 0.15) is 28.6 Å². The van der Waals surface area contributed by atoms with Crippen molar-refractivity contribution >= 4 is 6.08 Å². The van der Waals surface area contributed by atoms with Crippen molar-refractivity contribution in [2.24, 2.45) is 0 Å². The Morgan fingerprint density at radius 2 is 2.00 bits per heavy atom. The highest BCUT2D eigenvalue weighted by atomic mass is 16.5. The highest BCUT2D eigenvalue weighted by Gasteiger charge is 2.28. The monoisotopic (exact) mass is 338 g/mol. The van der Waals surface area contributed by atoms with E-state index in [4.69, 9.17) is 14.2 Å². The van der Waals surface area contributed by atoms with E-state index in [9.17, 15) is 5.11 Å². The maximum atomic E-state index is 10.3. The van der Waals surface area contributed by atoms with Crippen molar-refractivity contribution in [1.29, 1.82) is 0 Å². The molecular weight excluding hydrogens is 316 g/mol. The first-order valence-corrected chi connectivity index (χ1v) is 8.50. The summed E-state index contributed by atoms with van der Waals surface area (Å²) in [5.41, 5.74) is 2.80. The molecule has 4 heteroatoms. The number of ether oxygens (including phenoxy) is 3. The maximum absolute atomic E-state index is 10.3. The first kappa shape index (κ1) is 15.9. The van der Waals surface area contributed by atoms with Gasteiger partial charge in [-0.3, -0.25) is 0 Å². The summed E-state index contributed by atoms with van der Waals surface area (Å²) in [6.07, 6.45) is 4.99. The first-order valence-electron chi connectivity index (χ1n) is 8.50. The Morgan fingerprint density at radius 1 is 1.16 bits per heavy atom. The van der Waals surface area contributed by atoms with Crippen LogP contribution in [0.4, 0.5) is 0 Å². The average Bonchev–Trinajstić information content (AvgIpc) is 2.59. The highest BCUT2D eigenvalue weighted by molar-refractivity contribution is 5.65. The van der Waals surface area contributed by atoms with E-state index in [-0.39, 0.29) is 17.3 Å². The molecule has 0 radical (unpaired) electrons. The number of aromatic hydroxyl groups is 1. The van der Waals surface area contributed by atoms with Crippen LogP contribution in [0, 0.1) is 0 Å². The summed E-state index contributed by atoms with van der Waals surface area (Å²) in [5.74, 6) is 2.74. The molecule has 1 N–H and O–H groups in total. The Kier molecular flexibility index (Phi) is 3.64. The number of fused-ring (bicyclic) bond motifs is 2. The molecule has 0 spiro atoms. The third kappa shape index (κ3) is 2.93. The molecule has 0 aliphatic carbocycles. The summed E-state index contributed by atoms with van der Waals surface area (Å²) in [4.78, 5) is 0. The quantitative estimate of drug-likeness (QED) is 0.887. The lowest BCUT2D eigenvalue weighted by molar-refractivity contribution is 0.157. The zero-order valence-corrected chi connectivity index (χ0v) is 14.7.